The van der Waals surface area contributed by atoms with Crippen LogP contribution < -0.4 is 10.0 Å². The minimum Gasteiger partial charge on any atom is -0.324 e. The Labute approximate surface area is 175 Å². The molecule has 156 valence electrons. The van der Waals surface area contributed by atoms with Crippen molar-refractivity contribution in [3.8, 4) is 0 Å². The average Bonchev–Trinajstić information content (AvgIpc) is 3.35. The zero-order valence-corrected chi connectivity index (χ0v) is 17.4. The number of benzene rings is 2. The number of amides is 1. The van der Waals surface area contributed by atoms with Gasteiger partial charge >= 0.3 is 0 Å². The number of nitrogens with one attached hydrogen (secondary N) is 2. The fraction of sp³-hybridized carbons (Fsp3) is 0.286. The van der Waals surface area contributed by atoms with Crippen LogP contribution in [0.3, 0.4) is 0 Å². The number of aliphatic imine (C=N–C) groups is 1. The van der Waals surface area contributed by atoms with Crippen LogP contribution in [0.2, 0.25) is 0 Å². The molecule has 30 heavy (non-hydrogen) atoms. The molecule has 8 nitrogen and oxygen atoms in total. The largest absolute Gasteiger partial charge is 0.324 e. The van der Waals surface area contributed by atoms with Crippen LogP contribution in [0.4, 0.5) is 5.69 Å². The van der Waals surface area contributed by atoms with Gasteiger partial charge in [-0.25, -0.2) is 13.4 Å². The first-order valence-electron chi connectivity index (χ1n) is 9.86. The molecule has 0 spiro atoms. The van der Waals surface area contributed by atoms with E-state index >= 15 is 0 Å². The quantitative estimate of drug-likeness (QED) is 0.633. The van der Waals surface area contributed by atoms with Gasteiger partial charge in [-0.2, -0.15) is 0 Å². The van der Waals surface area contributed by atoms with Gasteiger partial charge in [0.1, 0.15) is 18.2 Å². The second-order valence-corrected chi connectivity index (χ2v) is 8.75. The minimum atomic E-state index is -3.74. The molecule has 2 N–H and O–H groups in total. The number of carbonyl (C=O) groups is 1. The minimum absolute atomic E-state index is 0.0808. The Balaban J connectivity index is 1.51. The molecule has 1 amide bonds. The number of imidazole rings is 1. The summed E-state index contributed by atoms with van der Waals surface area (Å²) in [6, 6.07) is 13.9. The molecule has 0 bridgehead atoms. The summed E-state index contributed by atoms with van der Waals surface area (Å²) in [5.41, 5.74) is 2.15. The molecule has 0 fully saturated rings. The van der Waals surface area contributed by atoms with Crippen LogP contribution in [0, 0.1) is 0 Å². The summed E-state index contributed by atoms with van der Waals surface area (Å²) in [7, 11) is -3.74. The zero-order valence-electron chi connectivity index (χ0n) is 16.6. The van der Waals surface area contributed by atoms with E-state index in [0.29, 0.717) is 30.9 Å². The third-order valence-electron chi connectivity index (χ3n) is 4.91. The van der Waals surface area contributed by atoms with E-state index in [1.165, 1.54) is 12.1 Å². The third kappa shape index (κ3) is 4.20. The number of aryl methyl sites for hydroxylation is 1. The third-order valence-corrected chi connectivity index (χ3v) is 6.29. The van der Waals surface area contributed by atoms with Crippen molar-refractivity contribution in [2.24, 2.45) is 4.99 Å². The van der Waals surface area contributed by atoms with Gasteiger partial charge in [-0.3, -0.25) is 14.5 Å². The molecule has 0 unspecified atom stereocenters. The zero-order chi connectivity index (χ0) is 21.1. The van der Waals surface area contributed by atoms with E-state index in [-0.39, 0.29) is 17.3 Å². The Kier molecular flexibility index (Phi) is 5.54. The second kappa shape index (κ2) is 8.27. The predicted octanol–water partition coefficient (Wildman–Crippen LogP) is 2.71. The maximum Gasteiger partial charge on any atom is 0.262 e. The fourth-order valence-electron chi connectivity index (χ4n) is 3.49. The molecule has 3 aromatic rings. The van der Waals surface area contributed by atoms with Crippen molar-refractivity contribution in [3.63, 3.8) is 0 Å². The molecule has 2 heterocycles. The molecule has 0 saturated carbocycles. The van der Waals surface area contributed by atoms with E-state index in [2.05, 4.69) is 20.0 Å². The summed E-state index contributed by atoms with van der Waals surface area (Å²) >= 11 is 0. The molecule has 0 atom stereocenters. The van der Waals surface area contributed by atoms with Gasteiger partial charge in [0.25, 0.3) is 10.0 Å². The van der Waals surface area contributed by atoms with Crippen LogP contribution in [0.5, 0.6) is 0 Å². The highest BCUT2D eigenvalue weighted by molar-refractivity contribution is 7.90. The lowest BCUT2D eigenvalue weighted by atomic mass is 10.3. The van der Waals surface area contributed by atoms with Gasteiger partial charge < -0.3 is 9.88 Å². The van der Waals surface area contributed by atoms with E-state index in [1.54, 1.807) is 12.1 Å². The van der Waals surface area contributed by atoms with Crippen molar-refractivity contribution in [1.29, 1.82) is 0 Å². The van der Waals surface area contributed by atoms with E-state index in [4.69, 9.17) is 0 Å². The first-order chi connectivity index (χ1) is 14.5. The van der Waals surface area contributed by atoms with Crippen molar-refractivity contribution >= 4 is 38.5 Å². The number of fused-ring (bicyclic) bond motifs is 1. The Bertz CT molecular complexity index is 1230. The van der Waals surface area contributed by atoms with E-state index in [9.17, 15) is 13.2 Å². The number of para-hydroxylation sites is 2. The SMILES string of the molecule is CCc1nc2ccccc2n1CC(=O)Nc1cccc(S(=O)(=O)NC2=NCCC2)c1. The molecule has 0 aliphatic carbocycles. The number of amidine groups is 1. The van der Waals surface area contributed by atoms with Crippen LogP contribution in [-0.4, -0.2) is 36.3 Å². The highest BCUT2D eigenvalue weighted by Gasteiger charge is 2.19. The molecular formula is C21H23N5O3S. The van der Waals surface area contributed by atoms with Crippen LogP contribution in [0.25, 0.3) is 11.0 Å². The molecule has 1 aliphatic rings. The highest BCUT2D eigenvalue weighted by atomic mass is 32.2. The topological polar surface area (TPSA) is 105 Å². The Hall–Kier alpha value is -3.20. The first-order valence-corrected chi connectivity index (χ1v) is 11.3. The number of sulfonamides is 1. The van der Waals surface area contributed by atoms with Gasteiger partial charge in [0, 0.05) is 25.1 Å². The van der Waals surface area contributed by atoms with E-state index in [1.807, 2.05) is 35.8 Å². The van der Waals surface area contributed by atoms with Crippen LogP contribution in [-0.2, 0) is 27.8 Å². The van der Waals surface area contributed by atoms with Crippen molar-refractivity contribution in [3.05, 3.63) is 54.4 Å². The fourth-order valence-corrected chi connectivity index (χ4v) is 4.63. The number of nitrogens with zero attached hydrogens (tertiary/aromatic N) is 3. The van der Waals surface area contributed by atoms with Crippen molar-refractivity contribution < 1.29 is 13.2 Å². The van der Waals surface area contributed by atoms with E-state index in [0.717, 1.165) is 23.3 Å². The van der Waals surface area contributed by atoms with Crippen molar-refractivity contribution in [2.75, 3.05) is 11.9 Å². The number of anilines is 1. The van der Waals surface area contributed by atoms with Crippen LogP contribution in [0.15, 0.2) is 58.4 Å². The number of hydrogen-bond donors (Lipinski definition) is 2. The summed E-state index contributed by atoms with van der Waals surface area (Å²) < 4.78 is 29.6. The van der Waals surface area contributed by atoms with Gasteiger partial charge in [0.05, 0.1) is 15.9 Å². The number of rotatable bonds is 6. The summed E-state index contributed by atoms with van der Waals surface area (Å²) in [4.78, 5) is 21.5. The first kappa shape index (κ1) is 20.1. The summed E-state index contributed by atoms with van der Waals surface area (Å²) in [5, 5.41) is 2.79. The smallest absolute Gasteiger partial charge is 0.262 e. The monoisotopic (exact) mass is 425 g/mol. The van der Waals surface area contributed by atoms with Crippen molar-refractivity contribution in [2.45, 2.75) is 37.6 Å². The molecule has 2 aromatic carbocycles. The van der Waals surface area contributed by atoms with Crippen molar-refractivity contribution in [1.82, 2.24) is 14.3 Å². The normalized spacial score (nSPS) is 14.0. The maximum absolute atomic E-state index is 12.7. The number of hydrogen-bond acceptors (Lipinski definition) is 5. The van der Waals surface area contributed by atoms with E-state index < -0.39 is 10.0 Å². The summed E-state index contributed by atoms with van der Waals surface area (Å²) in [6.45, 7) is 2.72. The second-order valence-electron chi connectivity index (χ2n) is 7.07. The molecule has 9 heteroatoms. The van der Waals surface area contributed by atoms with Crippen LogP contribution in [0.1, 0.15) is 25.6 Å². The standard InChI is InChI=1S/C21H23N5O3S/c1-2-20-24-17-9-3-4-10-18(17)26(20)14-21(27)23-15-7-5-8-16(13-15)30(28,29)25-19-11-6-12-22-19/h3-5,7-10,13H,2,6,11-12,14H2,1H3,(H,22,25)(H,23,27). The van der Waals surface area contributed by atoms with Gasteiger partial charge in [-0.15, -0.1) is 0 Å². The van der Waals surface area contributed by atoms with Gasteiger partial charge in [-0.1, -0.05) is 25.1 Å². The van der Waals surface area contributed by atoms with Gasteiger partial charge in [-0.05, 0) is 36.8 Å². The van der Waals surface area contributed by atoms with Gasteiger partial charge in [0.2, 0.25) is 5.91 Å². The Morgan fingerprint density at radius 2 is 2.00 bits per heavy atom. The molecule has 1 aliphatic heterocycles. The summed E-state index contributed by atoms with van der Waals surface area (Å²) in [6.07, 6.45) is 2.16. The summed E-state index contributed by atoms with van der Waals surface area (Å²) in [5.74, 6) is 1.04. The lowest BCUT2D eigenvalue weighted by Crippen LogP contribution is -2.29. The molecule has 4 rings (SSSR count). The number of carbonyl (C=O) groups excluding carboxylic acids is 1. The lowest BCUT2D eigenvalue weighted by molar-refractivity contribution is -0.116. The Morgan fingerprint density at radius 1 is 1.17 bits per heavy atom. The average molecular weight is 426 g/mol. The molecule has 1 aromatic heterocycles. The van der Waals surface area contributed by atoms with Crippen LogP contribution >= 0.6 is 0 Å². The molecule has 0 saturated heterocycles. The maximum atomic E-state index is 12.7. The predicted molar refractivity (Wildman–Crippen MR) is 116 cm³/mol. The molecule has 0 radical (unpaired) electrons. The number of aromatic nitrogens is 2. The Morgan fingerprint density at radius 3 is 2.77 bits per heavy atom. The highest BCUT2D eigenvalue weighted by Crippen LogP contribution is 2.19. The van der Waals surface area contributed by atoms with Gasteiger partial charge in [0.15, 0.2) is 0 Å². The lowest BCUT2D eigenvalue weighted by Gasteiger charge is -2.11. The molecular weight excluding hydrogens is 402 g/mol.